The van der Waals surface area contributed by atoms with Gasteiger partial charge in [-0.3, -0.25) is 19.3 Å². The average Bonchev–Trinajstić information content (AvgIpc) is 3.31. The van der Waals surface area contributed by atoms with Gasteiger partial charge in [-0.2, -0.15) is 14.3 Å². The summed E-state index contributed by atoms with van der Waals surface area (Å²) in [6, 6.07) is 6.49. The van der Waals surface area contributed by atoms with Gasteiger partial charge in [0.2, 0.25) is 5.91 Å². The zero-order chi connectivity index (χ0) is 35.8. The summed E-state index contributed by atoms with van der Waals surface area (Å²) in [6.45, 7) is 4.62. The molecule has 260 valence electrons. The number of carboxylic acids is 2. The number of carbonyl (C=O) groups excluding carboxylic acids is 3. The molecule has 0 radical (unpaired) electrons. The summed E-state index contributed by atoms with van der Waals surface area (Å²) in [5.41, 5.74) is -0.0432. The van der Waals surface area contributed by atoms with Gasteiger partial charge in [-0.25, -0.2) is 14.4 Å². The van der Waals surface area contributed by atoms with Crippen molar-refractivity contribution < 1.29 is 44.0 Å². The van der Waals surface area contributed by atoms with Gasteiger partial charge in [-0.05, 0) is 61.7 Å². The molecular weight excluding hydrogens is 683 g/mol. The molecule has 49 heavy (non-hydrogen) atoms. The van der Waals surface area contributed by atoms with E-state index in [4.69, 9.17) is 9.84 Å². The Balaban J connectivity index is 1.24. The predicted octanol–water partition coefficient (Wildman–Crippen LogP) is 1.12. The molecule has 2 aromatic heterocycles. The van der Waals surface area contributed by atoms with E-state index in [0.29, 0.717) is 21.7 Å². The van der Waals surface area contributed by atoms with E-state index in [1.165, 1.54) is 41.9 Å². The van der Waals surface area contributed by atoms with Crippen LogP contribution in [-0.2, 0) is 43.4 Å². The lowest BCUT2D eigenvalue weighted by Crippen LogP contribution is -2.70. The number of ether oxygens (including phenoxy) is 1. The maximum absolute atomic E-state index is 13.2. The van der Waals surface area contributed by atoms with Gasteiger partial charge in [0.05, 0.1) is 6.42 Å². The fourth-order valence-electron chi connectivity index (χ4n) is 5.14. The van der Waals surface area contributed by atoms with Gasteiger partial charge in [0.15, 0.2) is 5.65 Å². The Hall–Kier alpha value is -5.04. The molecule has 0 saturated carbocycles. The van der Waals surface area contributed by atoms with E-state index in [0.717, 1.165) is 25.9 Å². The van der Waals surface area contributed by atoms with Gasteiger partial charge in [-0.15, -0.1) is 28.6 Å². The van der Waals surface area contributed by atoms with Crippen LogP contribution in [0.4, 0.5) is 4.79 Å². The smallest absolute Gasteiger partial charge is 0.410 e. The maximum Gasteiger partial charge on any atom is 0.410 e. The highest BCUT2D eigenvalue weighted by molar-refractivity contribution is 8.01. The first-order chi connectivity index (χ1) is 23.0. The Labute approximate surface area is 286 Å². The molecule has 4 N–H and O–H groups in total. The lowest BCUT2D eigenvalue weighted by Gasteiger charge is -2.49. The van der Waals surface area contributed by atoms with Crippen molar-refractivity contribution in [3.05, 3.63) is 63.2 Å². The number of aromatic nitrogens is 4. The lowest BCUT2D eigenvalue weighted by molar-refractivity contribution is -0.150. The maximum atomic E-state index is 13.2. The number of nitrogens with zero attached hydrogens (tertiary/aromatic N) is 6. The second kappa shape index (κ2) is 13.8. The molecule has 1 aromatic carbocycles. The van der Waals surface area contributed by atoms with Crippen molar-refractivity contribution in [3.63, 3.8) is 0 Å². The van der Waals surface area contributed by atoms with Crippen molar-refractivity contribution in [1.82, 2.24) is 34.5 Å². The summed E-state index contributed by atoms with van der Waals surface area (Å²) in [4.78, 5) is 77.1. The molecule has 1 unspecified atom stereocenters. The van der Waals surface area contributed by atoms with Crippen molar-refractivity contribution in [2.75, 3.05) is 18.6 Å². The third-order valence-corrected chi connectivity index (χ3v) is 9.66. The van der Waals surface area contributed by atoms with E-state index in [9.17, 15) is 39.0 Å². The number of carboxylic acid groups (broad SMARTS) is 2. The zero-order valence-electron chi connectivity index (χ0n) is 26.8. The number of aliphatic carboxylic acids is 2. The number of amides is 3. The minimum Gasteiger partial charge on any atom is -0.508 e. The number of fused-ring (bicyclic) bond motifs is 2. The summed E-state index contributed by atoms with van der Waals surface area (Å²) < 4.78 is 7.10. The zero-order valence-corrected chi connectivity index (χ0v) is 28.4. The van der Waals surface area contributed by atoms with Crippen molar-refractivity contribution in [2.45, 2.75) is 62.3 Å². The Kier molecular flexibility index (Phi) is 9.95. The van der Waals surface area contributed by atoms with E-state index < -0.39 is 59.1 Å². The molecule has 0 bridgehead atoms. The van der Waals surface area contributed by atoms with Gasteiger partial charge in [-0.1, -0.05) is 6.07 Å². The van der Waals surface area contributed by atoms with Crippen molar-refractivity contribution in [3.8, 4) is 5.75 Å². The number of benzene rings is 1. The Bertz CT molecular complexity index is 1950. The van der Waals surface area contributed by atoms with Crippen LogP contribution in [0.2, 0.25) is 0 Å². The fourth-order valence-corrected chi connectivity index (χ4v) is 7.48. The van der Waals surface area contributed by atoms with Crippen molar-refractivity contribution in [2.24, 2.45) is 0 Å². The van der Waals surface area contributed by atoms with Crippen LogP contribution in [0.15, 0.2) is 51.4 Å². The van der Waals surface area contributed by atoms with Crippen molar-refractivity contribution in [1.29, 1.82) is 0 Å². The van der Waals surface area contributed by atoms with E-state index in [1.54, 1.807) is 32.9 Å². The van der Waals surface area contributed by atoms with E-state index in [-0.39, 0.29) is 41.6 Å². The second-order valence-electron chi connectivity index (χ2n) is 12.2. The molecule has 2 aliphatic heterocycles. The highest BCUT2D eigenvalue weighted by Crippen LogP contribution is 2.41. The largest absolute Gasteiger partial charge is 0.508 e. The third-order valence-electron chi connectivity index (χ3n) is 7.31. The van der Waals surface area contributed by atoms with Crippen LogP contribution in [0, 0.1) is 0 Å². The molecule has 1 saturated heterocycles. The van der Waals surface area contributed by atoms with Crippen LogP contribution in [0.25, 0.3) is 5.65 Å². The molecule has 17 nitrogen and oxygen atoms in total. The lowest BCUT2D eigenvalue weighted by atomic mass is 10.0. The highest BCUT2D eigenvalue weighted by atomic mass is 32.2. The molecule has 19 heteroatoms. The minimum atomic E-state index is -1.31. The number of thioether (sulfide) groups is 2. The summed E-state index contributed by atoms with van der Waals surface area (Å²) in [5, 5.41) is 39.6. The molecule has 1 fully saturated rings. The molecule has 3 aromatic rings. The summed E-state index contributed by atoms with van der Waals surface area (Å²) in [5.74, 6) is -3.33. The number of rotatable bonds is 11. The molecule has 5 rings (SSSR count). The molecule has 0 aliphatic carbocycles. The first-order valence-corrected chi connectivity index (χ1v) is 16.8. The topological polar surface area (TPSA) is 226 Å². The minimum absolute atomic E-state index is 0.0442. The Morgan fingerprint density at radius 2 is 1.84 bits per heavy atom. The SMILES string of the molecule is CN(Cc1cc(O)ccc1CC(=O)NC1C(=O)N2C(C(=O)O)=C(CSc3ccc4nn(CC(=O)O)c(=O)n4n3)CS[C@H]12)C(=O)OC(C)(C)C. The normalized spacial score (nSPS) is 17.4. The summed E-state index contributed by atoms with van der Waals surface area (Å²) in [6.07, 6.45) is -0.753. The van der Waals surface area contributed by atoms with Gasteiger partial charge in [0, 0.05) is 25.1 Å². The Morgan fingerprint density at radius 1 is 1.10 bits per heavy atom. The monoisotopic (exact) mass is 715 g/mol. The predicted molar refractivity (Wildman–Crippen MR) is 175 cm³/mol. The number of aromatic hydroxyl groups is 1. The number of carbonyl (C=O) groups is 5. The molecule has 2 atom stereocenters. The van der Waals surface area contributed by atoms with Gasteiger partial charge < -0.3 is 30.3 Å². The summed E-state index contributed by atoms with van der Waals surface area (Å²) >= 11 is 2.42. The van der Waals surface area contributed by atoms with Crippen LogP contribution in [0.1, 0.15) is 31.9 Å². The first kappa shape index (κ1) is 35.3. The van der Waals surface area contributed by atoms with Gasteiger partial charge in [0.25, 0.3) is 5.91 Å². The summed E-state index contributed by atoms with van der Waals surface area (Å²) in [7, 11) is 1.53. The van der Waals surface area contributed by atoms with Crippen LogP contribution < -0.4 is 11.0 Å². The molecular formula is C30H33N7O10S2. The number of phenolic OH excluding ortho intramolecular Hbond substituents is 1. The number of β-lactam (4-membered cyclic amide) rings is 1. The van der Waals surface area contributed by atoms with Crippen LogP contribution in [0.5, 0.6) is 5.75 Å². The van der Waals surface area contributed by atoms with Crippen LogP contribution >= 0.6 is 23.5 Å². The van der Waals surface area contributed by atoms with Gasteiger partial charge >= 0.3 is 23.7 Å². The standard InChI is InChI=1S/C30H33N7O10S2/c1-30(2,3)47-29(46)34(4)11-16-9-18(38)6-5-15(16)10-20(39)31-23-25(42)36-24(27(43)44)17(14-49-26(23)36)13-48-21-8-7-19-32-35(12-22(40)41)28(45)37(19)33-21/h5-9,23,26,38H,10-14H2,1-4H3,(H,31,39)(H,40,41)(H,43,44)/t23?,26-/m1/s1. The second-order valence-corrected chi connectivity index (χ2v) is 14.3. The molecule has 0 spiro atoms. The average molecular weight is 716 g/mol. The van der Waals surface area contributed by atoms with Gasteiger partial charge in [0.1, 0.15) is 40.0 Å². The first-order valence-electron chi connectivity index (χ1n) is 14.8. The number of hydrogen-bond donors (Lipinski definition) is 4. The van der Waals surface area contributed by atoms with E-state index >= 15 is 0 Å². The molecule has 4 heterocycles. The molecule has 3 amide bonds. The highest BCUT2D eigenvalue weighted by Gasteiger charge is 2.54. The number of nitrogens with one attached hydrogen (secondary N) is 1. The van der Waals surface area contributed by atoms with E-state index in [1.807, 2.05) is 0 Å². The number of hydrogen-bond acceptors (Lipinski definition) is 12. The number of phenols is 1. The van der Waals surface area contributed by atoms with Crippen LogP contribution in [0.3, 0.4) is 0 Å². The quantitative estimate of drug-likeness (QED) is 0.161. The van der Waals surface area contributed by atoms with Crippen LogP contribution in [-0.4, -0.2) is 110 Å². The van der Waals surface area contributed by atoms with E-state index in [2.05, 4.69) is 15.5 Å². The third kappa shape index (κ3) is 7.83. The molecule has 2 aliphatic rings. The fraction of sp³-hybridized carbons (Fsp3) is 0.400. The van der Waals surface area contributed by atoms with Crippen molar-refractivity contribution >= 4 is 59.0 Å². The Morgan fingerprint density at radius 3 is 2.51 bits per heavy atom.